The fourth-order valence-electron chi connectivity index (χ4n) is 2.73. The molecule has 1 aliphatic heterocycles. The highest BCUT2D eigenvalue weighted by Gasteiger charge is 2.29. The number of anilines is 1. The lowest BCUT2D eigenvalue weighted by Crippen LogP contribution is -2.47. The average Bonchev–Trinajstić information content (AvgIpc) is 3.20. The number of sulfone groups is 1. The summed E-state index contributed by atoms with van der Waals surface area (Å²) < 4.78 is 23.4. The van der Waals surface area contributed by atoms with Crippen LogP contribution in [-0.2, 0) is 16.4 Å². The van der Waals surface area contributed by atoms with E-state index in [0.29, 0.717) is 12.6 Å². The fourth-order valence-corrected chi connectivity index (χ4v) is 4.29. The molecule has 0 radical (unpaired) electrons. The first-order valence-corrected chi connectivity index (χ1v) is 9.01. The third kappa shape index (κ3) is 3.12. The molecule has 1 saturated carbocycles. The predicted molar refractivity (Wildman–Crippen MR) is 79.6 cm³/mol. The Labute approximate surface area is 120 Å². The van der Waals surface area contributed by atoms with E-state index in [-0.39, 0.29) is 17.5 Å². The Morgan fingerprint density at radius 3 is 2.95 bits per heavy atom. The molecular formula is C14H21N3O2S. The van der Waals surface area contributed by atoms with E-state index in [2.05, 4.69) is 15.2 Å². The minimum absolute atomic E-state index is 0.0239. The molecule has 1 aliphatic carbocycles. The minimum atomic E-state index is -2.87. The van der Waals surface area contributed by atoms with Crippen molar-refractivity contribution in [2.24, 2.45) is 0 Å². The van der Waals surface area contributed by atoms with Gasteiger partial charge in [-0.15, -0.1) is 0 Å². The molecule has 20 heavy (non-hydrogen) atoms. The van der Waals surface area contributed by atoms with Gasteiger partial charge in [-0.2, -0.15) is 0 Å². The Morgan fingerprint density at radius 1 is 1.45 bits per heavy atom. The molecule has 1 aromatic rings. The third-order valence-electron chi connectivity index (χ3n) is 4.02. The zero-order valence-corrected chi connectivity index (χ0v) is 12.6. The van der Waals surface area contributed by atoms with Gasteiger partial charge in [0, 0.05) is 48.8 Å². The van der Waals surface area contributed by atoms with Crippen molar-refractivity contribution in [1.82, 2.24) is 10.3 Å². The van der Waals surface area contributed by atoms with Crippen LogP contribution in [0.25, 0.3) is 0 Å². The molecule has 0 bridgehead atoms. The second-order valence-electron chi connectivity index (χ2n) is 5.82. The van der Waals surface area contributed by atoms with Crippen molar-refractivity contribution in [3.8, 4) is 0 Å². The Morgan fingerprint density at radius 2 is 2.25 bits per heavy atom. The molecule has 2 fully saturated rings. The van der Waals surface area contributed by atoms with Crippen LogP contribution in [0.1, 0.15) is 25.3 Å². The predicted octanol–water partition coefficient (Wildman–Crippen LogP) is 0.957. The SMILES string of the molecule is CC1CS(=O)(=O)CCN1c1ccncc1CNC1CC1. The monoisotopic (exact) mass is 295 g/mol. The molecule has 1 aromatic heterocycles. The highest BCUT2D eigenvalue weighted by molar-refractivity contribution is 7.91. The zero-order chi connectivity index (χ0) is 14.2. The highest BCUT2D eigenvalue weighted by Crippen LogP contribution is 2.26. The Bertz CT molecular complexity index is 584. The molecule has 0 amide bonds. The summed E-state index contributed by atoms with van der Waals surface area (Å²) >= 11 is 0. The lowest BCUT2D eigenvalue weighted by Gasteiger charge is -2.36. The van der Waals surface area contributed by atoms with Gasteiger partial charge in [-0.05, 0) is 25.8 Å². The van der Waals surface area contributed by atoms with Crippen molar-refractivity contribution in [1.29, 1.82) is 0 Å². The Balaban J connectivity index is 1.78. The first-order valence-electron chi connectivity index (χ1n) is 7.18. The number of aromatic nitrogens is 1. The molecule has 1 saturated heterocycles. The molecule has 0 aromatic carbocycles. The number of nitrogens with one attached hydrogen (secondary N) is 1. The fraction of sp³-hybridized carbons (Fsp3) is 0.643. The van der Waals surface area contributed by atoms with Gasteiger partial charge in [0.2, 0.25) is 0 Å². The summed E-state index contributed by atoms with van der Waals surface area (Å²) in [5.41, 5.74) is 2.28. The maximum absolute atomic E-state index is 11.7. The molecule has 3 rings (SSSR count). The van der Waals surface area contributed by atoms with E-state index in [1.54, 1.807) is 6.20 Å². The maximum Gasteiger partial charge on any atom is 0.154 e. The topological polar surface area (TPSA) is 62.3 Å². The van der Waals surface area contributed by atoms with Crippen LogP contribution >= 0.6 is 0 Å². The van der Waals surface area contributed by atoms with Gasteiger partial charge in [0.1, 0.15) is 0 Å². The summed E-state index contributed by atoms with van der Waals surface area (Å²) in [6, 6.07) is 2.68. The van der Waals surface area contributed by atoms with Gasteiger partial charge in [-0.1, -0.05) is 0 Å². The van der Waals surface area contributed by atoms with E-state index in [9.17, 15) is 8.42 Å². The normalized spacial score (nSPS) is 25.6. The van der Waals surface area contributed by atoms with E-state index in [1.807, 2.05) is 19.2 Å². The van der Waals surface area contributed by atoms with E-state index < -0.39 is 9.84 Å². The van der Waals surface area contributed by atoms with Gasteiger partial charge in [-0.3, -0.25) is 4.98 Å². The maximum atomic E-state index is 11.7. The van der Waals surface area contributed by atoms with Gasteiger partial charge >= 0.3 is 0 Å². The first-order chi connectivity index (χ1) is 9.55. The van der Waals surface area contributed by atoms with Gasteiger partial charge in [-0.25, -0.2) is 8.42 Å². The number of rotatable bonds is 4. The molecule has 6 heteroatoms. The second-order valence-corrected chi connectivity index (χ2v) is 8.05. The summed E-state index contributed by atoms with van der Waals surface area (Å²) in [5.74, 6) is 0.486. The van der Waals surface area contributed by atoms with Crippen molar-refractivity contribution in [3.05, 3.63) is 24.0 Å². The second kappa shape index (κ2) is 5.33. The summed E-state index contributed by atoms with van der Waals surface area (Å²) in [6.45, 7) is 3.36. The van der Waals surface area contributed by atoms with Gasteiger partial charge in [0.25, 0.3) is 0 Å². The van der Waals surface area contributed by atoms with Crippen LogP contribution in [-0.4, -0.2) is 43.5 Å². The van der Waals surface area contributed by atoms with Crippen molar-refractivity contribution in [2.45, 2.75) is 38.4 Å². The lowest BCUT2D eigenvalue weighted by atomic mass is 10.1. The highest BCUT2D eigenvalue weighted by atomic mass is 32.2. The standard InChI is InChI=1S/C14H21N3O2S/c1-11-10-20(18,19)7-6-17(11)14-4-5-15-8-12(14)9-16-13-2-3-13/h4-5,8,11,13,16H,2-3,6-7,9-10H2,1H3. The number of pyridine rings is 1. The third-order valence-corrected chi connectivity index (χ3v) is 5.81. The molecular weight excluding hydrogens is 274 g/mol. The first kappa shape index (κ1) is 13.8. The van der Waals surface area contributed by atoms with Crippen LogP contribution in [0, 0.1) is 0 Å². The van der Waals surface area contributed by atoms with Crippen molar-refractivity contribution < 1.29 is 8.42 Å². The molecule has 2 aliphatic rings. The summed E-state index contributed by atoms with van der Waals surface area (Å²) in [6.07, 6.45) is 6.19. The van der Waals surface area contributed by atoms with Crippen molar-refractivity contribution >= 4 is 15.5 Å². The van der Waals surface area contributed by atoms with Gasteiger partial charge < -0.3 is 10.2 Å². The van der Waals surface area contributed by atoms with Crippen molar-refractivity contribution in [2.75, 3.05) is 23.0 Å². The zero-order valence-electron chi connectivity index (χ0n) is 11.7. The number of nitrogens with zero attached hydrogens (tertiary/aromatic N) is 2. The van der Waals surface area contributed by atoms with Crippen LogP contribution in [0.2, 0.25) is 0 Å². The molecule has 110 valence electrons. The Hall–Kier alpha value is -1.14. The molecule has 1 N–H and O–H groups in total. The molecule has 1 unspecified atom stereocenters. The average molecular weight is 295 g/mol. The number of hydrogen-bond donors (Lipinski definition) is 1. The largest absolute Gasteiger partial charge is 0.366 e. The minimum Gasteiger partial charge on any atom is -0.366 e. The van der Waals surface area contributed by atoms with Crippen LogP contribution in [0.15, 0.2) is 18.5 Å². The van der Waals surface area contributed by atoms with Crippen molar-refractivity contribution in [3.63, 3.8) is 0 Å². The summed E-state index contributed by atoms with van der Waals surface area (Å²) in [5, 5.41) is 3.50. The Kier molecular flexibility index (Phi) is 3.69. The summed E-state index contributed by atoms with van der Waals surface area (Å²) in [4.78, 5) is 6.41. The van der Waals surface area contributed by atoms with E-state index in [0.717, 1.165) is 17.8 Å². The van der Waals surface area contributed by atoms with Crippen LogP contribution < -0.4 is 10.2 Å². The molecule has 1 atom stereocenters. The smallest absolute Gasteiger partial charge is 0.154 e. The van der Waals surface area contributed by atoms with E-state index in [1.165, 1.54) is 12.8 Å². The van der Waals surface area contributed by atoms with Crippen LogP contribution in [0.5, 0.6) is 0 Å². The van der Waals surface area contributed by atoms with E-state index >= 15 is 0 Å². The molecule has 2 heterocycles. The lowest BCUT2D eigenvalue weighted by molar-refractivity contribution is 0.567. The molecule has 5 nitrogen and oxygen atoms in total. The summed E-state index contributed by atoms with van der Waals surface area (Å²) in [7, 11) is -2.87. The van der Waals surface area contributed by atoms with Crippen LogP contribution in [0.4, 0.5) is 5.69 Å². The quantitative estimate of drug-likeness (QED) is 0.896. The van der Waals surface area contributed by atoms with Gasteiger partial charge in [0.05, 0.1) is 11.5 Å². The molecule has 0 spiro atoms. The van der Waals surface area contributed by atoms with Crippen LogP contribution in [0.3, 0.4) is 0 Å². The van der Waals surface area contributed by atoms with E-state index in [4.69, 9.17) is 0 Å². The van der Waals surface area contributed by atoms with Gasteiger partial charge in [0.15, 0.2) is 9.84 Å². The number of hydrogen-bond acceptors (Lipinski definition) is 5.